The summed E-state index contributed by atoms with van der Waals surface area (Å²) in [6, 6.07) is 0. The standard InChI is InChI=1S/C6H12O3/c1-6(2,9)4-3-5(7)8/h9H,3-4H2,1-2H3,(H,7,8). The maximum absolute atomic E-state index is 9.93. The van der Waals surface area contributed by atoms with E-state index in [1.165, 1.54) is 0 Å². The Balaban J connectivity index is 3.39. The lowest BCUT2D eigenvalue weighted by Crippen LogP contribution is -2.19. The van der Waals surface area contributed by atoms with E-state index in [1.54, 1.807) is 13.8 Å². The molecule has 54 valence electrons. The molecule has 0 radical (unpaired) electrons. The molecular formula is C6H12O3. The number of rotatable bonds is 3. The van der Waals surface area contributed by atoms with Crippen molar-refractivity contribution in [1.29, 1.82) is 0 Å². The molecule has 2 N–H and O–H groups in total. The second kappa shape index (κ2) is 2.82. The van der Waals surface area contributed by atoms with Crippen molar-refractivity contribution in [2.45, 2.75) is 32.3 Å². The maximum Gasteiger partial charge on any atom is 0.303 e. The third-order valence-electron chi connectivity index (χ3n) is 0.951. The lowest BCUT2D eigenvalue weighted by Gasteiger charge is -2.14. The van der Waals surface area contributed by atoms with Gasteiger partial charge in [-0.2, -0.15) is 0 Å². The van der Waals surface area contributed by atoms with Gasteiger partial charge in [0, 0.05) is 6.42 Å². The summed E-state index contributed by atoms with van der Waals surface area (Å²) in [4.78, 5) is 9.93. The zero-order valence-corrected chi connectivity index (χ0v) is 5.72. The van der Waals surface area contributed by atoms with Crippen LogP contribution in [0, 0.1) is 0 Å². The Labute approximate surface area is 54.3 Å². The molecule has 0 saturated heterocycles. The van der Waals surface area contributed by atoms with E-state index in [0.717, 1.165) is 0 Å². The van der Waals surface area contributed by atoms with Crippen LogP contribution in [0.2, 0.25) is 0 Å². The van der Waals surface area contributed by atoms with E-state index in [-0.39, 0.29) is 6.42 Å². The van der Waals surface area contributed by atoms with Crippen molar-refractivity contribution in [3.8, 4) is 0 Å². The van der Waals surface area contributed by atoms with Crippen LogP contribution in [0.5, 0.6) is 0 Å². The van der Waals surface area contributed by atoms with E-state index in [0.29, 0.717) is 6.42 Å². The third-order valence-corrected chi connectivity index (χ3v) is 0.951. The van der Waals surface area contributed by atoms with Crippen molar-refractivity contribution in [2.24, 2.45) is 0 Å². The minimum Gasteiger partial charge on any atom is -0.481 e. The molecule has 0 aliphatic heterocycles. The zero-order chi connectivity index (χ0) is 7.49. The number of carboxylic acids is 1. The molecular weight excluding hydrogens is 120 g/mol. The molecule has 0 aromatic heterocycles. The van der Waals surface area contributed by atoms with E-state index in [1.807, 2.05) is 0 Å². The quantitative estimate of drug-likeness (QED) is 0.592. The van der Waals surface area contributed by atoms with Crippen molar-refractivity contribution in [1.82, 2.24) is 0 Å². The van der Waals surface area contributed by atoms with Crippen molar-refractivity contribution >= 4 is 5.97 Å². The van der Waals surface area contributed by atoms with Gasteiger partial charge in [0.25, 0.3) is 0 Å². The summed E-state index contributed by atoms with van der Waals surface area (Å²) < 4.78 is 0. The molecule has 0 fully saturated rings. The van der Waals surface area contributed by atoms with Gasteiger partial charge in [0.2, 0.25) is 0 Å². The Hall–Kier alpha value is -0.570. The van der Waals surface area contributed by atoms with Crippen LogP contribution in [-0.2, 0) is 4.79 Å². The maximum atomic E-state index is 9.93. The summed E-state index contributed by atoms with van der Waals surface area (Å²) in [6.07, 6.45) is 0.339. The number of hydrogen-bond acceptors (Lipinski definition) is 2. The number of carbonyl (C=O) groups is 1. The van der Waals surface area contributed by atoms with Crippen LogP contribution < -0.4 is 0 Å². The Bertz CT molecular complexity index is 101. The average molecular weight is 132 g/mol. The summed E-state index contributed by atoms with van der Waals surface area (Å²) in [6.45, 7) is 3.19. The summed E-state index contributed by atoms with van der Waals surface area (Å²) in [5, 5.41) is 17.2. The molecule has 3 nitrogen and oxygen atoms in total. The number of aliphatic hydroxyl groups is 1. The molecule has 0 amide bonds. The van der Waals surface area contributed by atoms with Gasteiger partial charge >= 0.3 is 5.97 Å². The first kappa shape index (κ1) is 8.43. The Morgan fingerprint density at radius 2 is 2.00 bits per heavy atom. The lowest BCUT2D eigenvalue weighted by atomic mass is 10.0. The molecule has 0 rings (SSSR count). The van der Waals surface area contributed by atoms with Crippen LogP contribution in [0.4, 0.5) is 0 Å². The third kappa shape index (κ3) is 7.43. The molecule has 0 bridgehead atoms. The van der Waals surface area contributed by atoms with Crippen molar-refractivity contribution in [3.63, 3.8) is 0 Å². The molecule has 3 heteroatoms. The Kier molecular flexibility index (Phi) is 2.65. The van der Waals surface area contributed by atoms with Crippen LogP contribution >= 0.6 is 0 Å². The number of hydrogen-bond donors (Lipinski definition) is 2. The summed E-state index contributed by atoms with van der Waals surface area (Å²) in [7, 11) is 0. The van der Waals surface area contributed by atoms with Crippen molar-refractivity contribution < 1.29 is 15.0 Å². The Morgan fingerprint density at radius 1 is 1.56 bits per heavy atom. The zero-order valence-electron chi connectivity index (χ0n) is 5.72. The molecule has 0 heterocycles. The predicted molar refractivity (Wildman–Crippen MR) is 33.2 cm³/mol. The van der Waals surface area contributed by atoms with Gasteiger partial charge < -0.3 is 10.2 Å². The van der Waals surface area contributed by atoms with Crippen LogP contribution in [0.25, 0.3) is 0 Å². The lowest BCUT2D eigenvalue weighted by molar-refractivity contribution is -0.138. The van der Waals surface area contributed by atoms with E-state index >= 15 is 0 Å². The van der Waals surface area contributed by atoms with E-state index in [2.05, 4.69) is 0 Å². The number of aliphatic carboxylic acids is 1. The highest BCUT2D eigenvalue weighted by molar-refractivity contribution is 5.66. The Morgan fingerprint density at radius 3 is 2.11 bits per heavy atom. The fourth-order valence-corrected chi connectivity index (χ4v) is 0.413. The average Bonchev–Trinajstić information content (AvgIpc) is 1.59. The van der Waals surface area contributed by atoms with Gasteiger partial charge in [-0.05, 0) is 20.3 Å². The van der Waals surface area contributed by atoms with Gasteiger partial charge in [0.1, 0.15) is 0 Å². The first-order valence-corrected chi connectivity index (χ1v) is 2.86. The van der Waals surface area contributed by atoms with Crippen LogP contribution in [0.15, 0.2) is 0 Å². The molecule has 9 heavy (non-hydrogen) atoms. The number of carboxylic acid groups (broad SMARTS) is 1. The molecule has 0 atom stereocenters. The molecule has 0 aliphatic carbocycles. The van der Waals surface area contributed by atoms with Gasteiger partial charge in [-0.25, -0.2) is 0 Å². The normalized spacial score (nSPS) is 11.4. The first-order valence-electron chi connectivity index (χ1n) is 2.86. The van der Waals surface area contributed by atoms with E-state index in [9.17, 15) is 4.79 Å². The van der Waals surface area contributed by atoms with Crippen molar-refractivity contribution in [2.75, 3.05) is 0 Å². The fraction of sp³-hybridized carbons (Fsp3) is 0.833. The minimum absolute atomic E-state index is 0.0312. The minimum atomic E-state index is -0.864. The molecule has 0 spiro atoms. The topological polar surface area (TPSA) is 57.5 Å². The summed E-state index contributed by atoms with van der Waals surface area (Å²) in [5.41, 5.74) is -0.849. The van der Waals surface area contributed by atoms with Gasteiger partial charge in [-0.15, -0.1) is 0 Å². The van der Waals surface area contributed by atoms with Crippen LogP contribution in [0.3, 0.4) is 0 Å². The summed E-state index contributed by atoms with van der Waals surface area (Å²) >= 11 is 0. The van der Waals surface area contributed by atoms with E-state index in [4.69, 9.17) is 10.2 Å². The SMILES string of the molecule is CC(C)(O)CCC(=O)O. The monoisotopic (exact) mass is 132 g/mol. The second-order valence-corrected chi connectivity index (χ2v) is 2.71. The van der Waals surface area contributed by atoms with Gasteiger partial charge in [-0.3, -0.25) is 4.79 Å². The van der Waals surface area contributed by atoms with Crippen molar-refractivity contribution in [3.05, 3.63) is 0 Å². The smallest absolute Gasteiger partial charge is 0.303 e. The molecule has 0 aliphatic rings. The predicted octanol–water partition coefficient (Wildman–Crippen LogP) is 0.622. The van der Waals surface area contributed by atoms with Crippen LogP contribution in [-0.4, -0.2) is 21.8 Å². The highest BCUT2D eigenvalue weighted by Crippen LogP contribution is 2.09. The molecule has 0 saturated carbocycles. The molecule has 0 aromatic carbocycles. The summed E-state index contributed by atoms with van der Waals surface area (Å²) in [5.74, 6) is -0.864. The van der Waals surface area contributed by atoms with Crippen LogP contribution in [0.1, 0.15) is 26.7 Å². The molecule has 0 aromatic rings. The highest BCUT2D eigenvalue weighted by Gasteiger charge is 2.13. The van der Waals surface area contributed by atoms with E-state index < -0.39 is 11.6 Å². The highest BCUT2D eigenvalue weighted by atomic mass is 16.4. The first-order chi connectivity index (χ1) is 3.92. The van der Waals surface area contributed by atoms with Gasteiger partial charge in [-0.1, -0.05) is 0 Å². The second-order valence-electron chi connectivity index (χ2n) is 2.71. The fourth-order valence-electron chi connectivity index (χ4n) is 0.413. The van der Waals surface area contributed by atoms with Gasteiger partial charge in [0.05, 0.1) is 5.60 Å². The molecule has 0 unspecified atom stereocenters. The largest absolute Gasteiger partial charge is 0.481 e. The van der Waals surface area contributed by atoms with Gasteiger partial charge in [0.15, 0.2) is 0 Å².